The van der Waals surface area contributed by atoms with Crippen molar-refractivity contribution in [3.05, 3.63) is 33.3 Å². The first-order valence-electron chi connectivity index (χ1n) is 6.37. The van der Waals surface area contributed by atoms with Crippen LogP contribution in [0.5, 0.6) is 5.75 Å². The van der Waals surface area contributed by atoms with Gasteiger partial charge >= 0.3 is 5.69 Å². The molecule has 0 amide bonds. The molecule has 0 aliphatic rings. The quantitative estimate of drug-likeness (QED) is 0.423. The van der Waals surface area contributed by atoms with Crippen molar-refractivity contribution in [2.45, 2.75) is 25.7 Å². The molecule has 0 aliphatic carbocycles. The standard InChI is InChI=1S/C12H17ClN2O5S/c13-10-5-6-11(15(16)17)12(9-10)20-7-3-1-2-4-8-21(14,18)19/h5-6,9H,1-4,7-8H2,(H2,14,18,19). The Balaban J connectivity index is 2.33. The zero-order valence-corrected chi connectivity index (χ0v) is 12.9. The van der Waals surface area contributed by atoms with Crippen LogP contribution in [-0.2, 0) is 10.0 Å². The van der Waals surface area contributed by atoms with Gasteiger partial charge in [0.2, 0.25) is 10.0 Å². The molecule has 2 N–H and O–H groups in total. The minimum absolute atomic E-state index is 0.0341. The minimum atomic E-state index is -3.40. The van der Waals surface area contributed by atoms with Crippen LogP contribution in [0.2, 0.25) is 5.02 Å². The Kier molecular flexibility index (Phi) is 6.86. The summed E-state index contributed by atoms with van der Waals surface area (Å²) in [4.78, 5) is 10.3. The summed E-state index contributed by atoms with van der Waals surface area (Å²) in [6.45, 7) is 0.302. The van der Waals surface area contributed by atoms with Crippen molar-refractivity contribution >= 4 is 27.3 Å². The lowest BCUT2D eigenvalue weighted by atomic mass is 10.2. The fourth-order valence-corrected chi connectivity index (χ4v) is 2.46. The number of ether oxygens (including phenoxy) is 1. The first-order chi connectivity index (χ1) is 9.79. The SMILES string of the molecule is NS(=O)(=O)CCCCCCOc1cc(Cl)ccc1[N+](=O)[O-]. The molecule has 0 atom stereocenters. The van der Waals surface area contributed by atoms with Gasteiger partial charge in [-0.25, -0.2) is 13.6 Å². The lowest BCUT2D eigenvalue weighted by Gasteiger charge is -2.07. The van der Waals surface area contributed by atoms with E-state index in [1.807, 2.05) is 0 Å². The molecule has 0 spiro atoms. The molecular formula is C12H17ClN2O5S. The molecule has 0 aliphatic heterocycles. The second kappa shape index (κ2) is 8.16. The van der Waals surface area contributed by atoms with E-state index in [9.17, 15) is 18.5 Å². The summed E-state index contributed by atoms with van der Waals surface area (Å²) in [6, 6.07) is 4.13. The summed E-state index contributed by atoms with van der Waals surface area (Å²) < 4.78 is 26.8. The number of rotatable bonds is 9. The fourth-order valence-electron chi connectivity index (χ4n) is 1.70. The number of primary sulfonamides is 1. The summed E-state index contributed by atoms with van der Waals surface area (Å²) in [5.41, 5.74) is -0.131. The second-order valence-corrected chi connectivity index (χ2v) is 6.67. The molecule has 118 valence electrons. The highest BCUT2D eigenvalue weighted by atomic mass is 35.5. The Morgan fingerprint density at radius 1 is 1.24 bits per heavy atom. The number of nitro benzene ring substituents is 1. The molecule has 0 radical (unpaired) electrons. The van der Waals surface area contributed by atoms with E-state index in [0.29, 0.717) is 30.9 Å². The average Bonchev–Trinajstić information content (AvgIpc) is 2.36. The highest BCUT2D eigenvalue weighted by molar-refractivity contribution is 7.89. The maximum Gasteiger partial charge on any atom is 0.311 e. The van der Waals surface area contributed by atoms with Gasteiger partial charge in [-0.15, -0.1) is 0 Å². The van der Waals surface area contributed by atoms with E-state index >= 15 is 0 Å². The Bertz CT molecular complexity index is 591. The second-order valence-electron chi connectivity index (χ2n) is 4.50. The lowest BCUT2D eigenvalue weighted by Crippen LogP contribution is -2.16. The number of sulfonamides is 1. The maximum atomic E-state index is 10.8. The third-order valence-corrected chi connectivity index (χ3v) is 3.79. The zero-order chi connectivity index (χ0) is 15.9. The smallest absolute Gasteiger partial charge is 0.311 e. The van der Waals surface area contributed by atoms with E-state index in [2.05, 4.69) is 0 Å². The molecule has 0 bridgehead atoms. The van der Waals surface area contributed by atoms with Crippen LogP contribution in [0.3, 0.4) is 0 Å². The van der Waals surface area contributed by atoms with Crippen LogP contribution in [0, 0.1) is 10.1 Å². The molecule has 21 heavy (non-hydrogen) atoms. The van der Waals surface area contributed by atoms with Gasteiger partial charge < -0.3 is 4.74 Å². The molecular weight excluding hydrogens is 320 g/mol. The van der Waals surface area contributed by atoms with Gasteiger partial charge in [0, 0.05) is 17.2 Å². The molecule has 1 rings (SSSR count). The van der Waals surface area contributed by atoms with Gasteiger partial charge in [0.05, 0.1) is 17.3 Å². The molecule has 0 saturated heterocycles. The maximum absolute atomic E-state index is 10.8. The van der Waals surface area contributed by atoms with Gasteiger partial charge in [-0.05, 0) is 18.9 Å². The summed E-state index contributed by atoms with van der Waals surface area (Å²) in [7, 11) is -3.40. The summed E-state index contributed by atoms with van der Waals surface area (Å²) >= 11 is 5.77. The third-order valence-electron chi connectivity index (χ3n) is 2.70. The number of halogens is 1. The largest absolute Gasteiger partial charge is 0.487 e. The van der Waals surface area contributed by atoms with Gasteiger partial charge in [0.1, 0.15) is 0 Å². The first kappa shape index (κ1) is 17.7. The summed E-state index contributed by atoms with van der Waals surface area (Å²) in [5, 5.41) is 16.1. The fraction of sp³-hybridized carbons (Fsp3) is 0.500. The number of hydrogen-bond donors (Lipinski definition) is 1. The van der Waals surface area contributed by atoms with E-state index < -0.39 is 14.9 Å². The minimum Gasteiger partial charge on any atom is -0.487 e. The molecule has 1 aromatic rings. The molecule has 7 nitrogen and oxygen atoms in total. The van der Waals surface area contributed by atoms with E-state index in [1.165, 1.54) is 18.2 Å². The molecule has 0 fully saturated rings. The highest BCUT2D eigenvalue weighted by Crippen LogP contribution is 2.30. The molecule has 0 saturated carbocycles. The number of benzene rings is 1. The van der Waals surface area contributed by atoms with Crippen molar-refractivity contribution in [3.8, 4) is 5.75 Å². The van der Waals surface area contributed by atoms with Gasteiger partial charge in [-0.3, -0.25) is 10.1 Å². The van der Waals surface area contributed by atoms with Crippen molar-refractivity contribution < 1.29 is 18.1 Å². The predicted molar refractivity (Wildman–Crippen MR) is 80.0 cm³/mol. The van der Waals surface area contributed by atoms with Gasteiger partial charge in [-0.1, -0.05) is 24.4 Å². The van der Waals surface area contributed by atoms with Crippen molar-refractivity contribution in [3.63, 3.8) is 0 Å². The number of hydrogen-bond acceptors (Lipinski definition) is 5. The summed E-state index contributed by atoms with van der Waals surface area (Å²) in [5.74, 6) is 0.102. The lowest BCUT2D eigenvalue weighted by molar-refractivity contribution is -0.385. The van der Waals surface area contributed by atoms with Crippen LogP contribution in [0.4, 0.5) is 5.69 Å². The Morgan fingerprint density at radius 3 is 2.52 bits per heavy atom. The third kappa shape index (κ3) is 7.26. The van der Waals surface area contributed by atoms with Crippen LogP contribution >= 0.6 is 11.6 Å². The molecule has 0 unspecified atom stereocenters. The van der Waals surface area contributed by atoms with Crippen LogP contribution in [0.1, 0.15) is 25.7 Å². The van der Waals surface area contributed by atoms with Gasteiger partial charge in [-0.2, -0.15) is 0 Å². The van der Waals surface area contributed by atoms with E-state index in [-0.39, 0.29) is 17.2 Å². The van der Waals surface area contributed by atoms with E-state index in [1.54, 1.807) is 0 Å². The van der Waals surface area contributed by atoms with Crippen LogP contribution in [0.25, 0.3) is 0 Å². The number of nitrogens with two attached hydrogens (primary N) is 1. The topological polar surface area (TPSA) is 113 Å². The van der Waals surface area contributed by atoms with Crippen molar-refractivity contribution in [1.29, 1.82) is 0 Å². The van der Waals surface area contributed by atoms with Crippen LogP contribution < -0.4 is 9.88 Å². The van der Waals surface area contributed by atoms with Crippen molar-refractivity contribution in [2.75, 3.05) is 12.4 Å². The summed E-state index contributed by atoms with van der Waals surface area (Å²) in [6.07, 6.45) is 2.62. The molecule has 9 heteroatoms. The predicted octanol–water partition coefficient (Wildman–Crippen LogP) is 2.48. The monoisotopic (exact) mass is 336 g/mol. The number of nitrogens with zero attached hydrogens (tertiary/aromatic N) is 1. The van der Waals surface area contributed by atoms with Gasteiger partial charge in [0.15, 0.2) is 5.75 Å². The molecule has 0 aromatic heterocycles. The Morgan fingerprint density at radius 2 is 1.90 bits per heavy atom. The normalized spacial score (nSPS) is 11.3. The van der Waals surface area contributed by atoms with Crippen LogP contribution in [-0.4, -0.2) is 25.7 Å². The molecule has 0 heterocycles. The van der Waals surface area contributed by atoms with Crippen molar-refractivity contribution in [1.82, 2.24) is 0 Å². The molecule has 1 aromatic carbocycles. The van der Waals surface area contributed by atoms with Crippen molar-refractivity contribution in [2.24, 2.45) is 5.14 Å². The van der Waals surface area contributed by atoms with Crippen LogP contribution in [0.15, 0.2) is 18.2 Å². The first-order valence-corrected chi connectivity index (χ1v) is 8.46. The number of unbranched alkanes of at least 4 members (excludes halogenated alkanes) is 3. The Hall–Kier alpha value is -1.38. The highest BCUT2D eigenvalue weighted by Gasteiger charge is 2.15. The van der Waals surface area contributed by atoms with Gasteiger partial charge in [0.25, 0.3) is 0 Å². The average molecular weight is 337 g/mol. The Labute approximate surface area is 128 Å². The zero-order valence-electron chi connectivity index (χ0n) is 11.3. The van der Waals surface area contributed by atoms with E-state index in [0.717, 1.165) is 6.42 Å². The number of nitro groups is 1. The van der Waals surface area contributed by atoms with E-state index in [4.69, 9.17) is 21.5 Å².